The number of aromatic nitrogens is 3. The third-order valence-electron chi connectivity index (χ3n) is 4.37. The van der Waals surface area contributed by atoms with Crippen molar-refractivity contribution in [2.45, 2.75) is 33.7 Å². The van der Waals surface area contributed by atoms with Crippen LogP contribution in [-0.2, 0) is 9.84 Å². The van der Waals surface area contributed by atoms with E-state index in [-0.39, 0.29) is 10.6 Å². The van der Waals surface area contributed by atoms with E-state index < -0.39 is 14.8 Å². The third-order valence-corrected chi connectivity index (χ3v) is 6.49. The molecule has 1 aromatic heterocycles. The molecule has 0 N–H and O–H groups in total. The molecule has 0 aliphatic heterocycles. The van der Waals surface area contributed by atoms with Gasteiger partial charge in [0.2, 0.25) is 5.16 Å². The Morgan fingerprint density at radius 2 is 1.86 bits per heavy atom. The fraction of sp³-hybridized carbons (Fsp3) is 0.222. The summed E-state index contributed by atoms with van der Waals surface area (Å²) in [6, 6.07) is 13.5. The van der Waals surface area contributed by atoms with E-state index in [9.17, 15) is 18.5 Å². The lowest BCUT2D eigenvalue weighted by Gasteiger charge is -2.10. The van der Waals surface area contributed by atoms with Gasteiger partial charge in [0.05, 0.1) is 14.7 Å². The average molecular weight is 416 g/mol. The molecule has 0 radical (unpaired) electrons. The molecule has 1 aliphatic carbocycles. The summed E-state index contributed by atoms with van der Waals surface area (Å²) in [7, 11) is -3.55. The van der Waals surface area contributed by atoms with Crippen molar-refractivity contribution in [1.29, 1.82) is 0 Å². The second-order valence-corrected chi connectivity index (χ2v) is 9.57. The standard InChI is InChI=1S/C18H16N4O4S2/c1-28(25,26)14-9-10-16(15(11-14)22(23)24)27-18-20-19-17(12-7-8-12)21(18)13-5-3-2-4-6-13/h2-6,9-12H,7-8H2,1H3. The zero-order valence-electron chi connectivity index (χ0n) is 14.8. The molecule has 28 heavy (non-hydrogen) atoms. The Morgan fingerprint density at radius 3 is 2.46 bits per heavy atom. The zero-order chi connectivity index (χ0) is 19.9. The highest BCUT2D eigenvalue weighted by molar-refractivity contribution is 7.99. The van der Waals surface area contributed by atoms with Gasteiger partial charge in [0, 0.05) is 23.9 Å². The number of hydrogen-bond donors (Lipinski definition) is 0. The molecule has 144 valence electrons. The molecule has 0 bridgehead atoms. The Bertz CT molecular complexity index is 1160. The molecule has 1 heterocycles. The van der Waals surface area contributed by atoms with Gasteiger partial charge in [-0.1, -0.05) is 18.2 Å². The Labute approximate surface area is 165 Å². The van der Waals surface area contributed by atoms with Crippen molar-refractivity contribution in [3.8, 4) is 5.69 Å². The average Bonchev–Trinajstić information content (AvgIpc) is 3.42. The largest absolute Gasteiger partial charge is 0.284 e. The van der Waals surface area contributed by atoms with Gasteiger partial charge in [-0.2, -0.15) is 0 Å². The van der Waals surface area contributed by atoms with Crippen LogP contribution >= 0.6 is 11.8 Å². The van der Waals surface area contributed by atoms with E-state index in [0.29, 0.717) is 16.0 Å². The topological polar surface area (TPSA) is 108 Å². The van der Waals surface area contributed by atoms with Gasteiger partial charge in [0.1, 0.15) is 5.82 Å². The summed E-state index contributed by atoms with van der Waals surface area (Å²) in [4.78, 5) is 11.2. The Morgan fingerprint density at radius 1 is 1.14 bits per heavy atom. The summed E-state index contributed by atoms with van der Waals surface area (Å²) in [6.07, 6.45) is 3.10. The van der Waals surface area contributed by atoms with Crippen LogP contribution in [0.5, 0.6) is 0 Å². The van der Waals surface area contributed by atoms with Crippen LogP contribution in [0.2, 0.25) is 0 Å². The second-order valence-electron chi connectivity index (χ2n) is 6.55. The lowest BCUT2D eigenvalue weighted by atomic mass is 10.3. The number of para-hydroxylation sites is 1. The summed E-state index contributed by atoms with van der Waals surface area (Å²) in [5, 5.41) is 20.6. The molecule has 1 fully saturated rings. The molecule has 8 nitrogen and oxygen atoms in total. The van der Waals surface area contributed by atoms with E-state index >= 15 is 0 Å². The Balaban J connectivity index is 1.79. The molecule has 0 spiro atoms. The monoisotopic (exact) mass is 416 g/mol. The highest BCUT2D eigenvalue weighted by Crippen LogP contribution is 2.43. The minimum Gasteiger partial charge on any atom is -0.274 e. The van der Waals surface area contributed by atoms with Crippen molar-refractivity contribution in [2.24, 2.45) is 0 Å². The molecule has 3 aromatic rings. The van der Waals surface area contributed by atoms with Crippen LogP contribution in [-0.4, -0.2) is 34.4 Å². The number of sulfone groups is 1. The molecule has 0 amide bonds. The van der Waals surface area contributed by atoms with Gasteiger partial charge in [-0.3, -0.25) is 14.7 Å². The molecular weight excluding hydrogens is 400 g/mol. The van der Waals surface area contributed by atoms with Crippen molar-refractivity contribution >= 4 is 27.3 Å². The second kappa shape index (κ2) is 7.02. The van der Waals surface area contributed by atoms with Crippen molar-refractivity contribution in [3.05, 3.63) is 64.5 Å². The quantitative estimate of drug-likeness (QED) is 0.446. The number of rotatable bonds is 6. The van der Waals surface area contributed by atoms with Gasteiger partial charge in [0.15, 0.2) is 9.84 Å². The van der Waals surface area contributed by atoms with Crippen molar-refractivity contribution in [1.82, 2.24) is 14.8 Å². The smallest absolute Gasteiger partial charge is 0.274 e. The Hall–Kier alpha value is -2.72. The van der Waals surface area contributed by atoms with Gasteiger partial charge in [-0.15, -0.1) is 10.2 Å². The summed E-state index contributed by atoms with van der Waals surface area (Å²) in [5.74, 6) is 1.17. The summed E-state index contributed by atoms with van der Waals surface area (Å²) >= 11 is 1.10. The number of nitrogens with zero attached hydrogens (tertiary/aromatic N) is 4. The minimum absolute atomic E-state index is 0.0910. The first kappa shape index (κ1) is 18.6. The molecular formula is C18H16N4O4S2. The van der Waals surface area contributed by atoms with Crippen LogP contribution in [0, 0.1) is 10.1 Å². The van der Waals surface area contributed by atoms with Crippen LogP contribution in [0.25, 0.3) is 5.69 Å². The SMILES string of the molecule is CS(=O)(=O)c1ccc(Sc2nnc(C3CC3)n2-c2ccccc2)c([N+](=O)[O-])c1. The zero-order valence-corrected chi connectivity index (χ0v) is 16.5. The van der Waals surface area contributed by atoms with Crippen molar-refractivity contribution in [2.75, 3.05) is 6.26 Å². The van der Waals surface area contributed by atoms with Crippen molar-refractivity contribution < 1.29 is 13.3 Å². The number of hydrogen-bond acceptors (Lipinski definition) is 7. The highest BCUT2D eigenvalue weighted by atomic mass is 32.2. The van der Waals surface area contributed by atoms with Gasteiger partial charge in [-0.05, 0) is 48.9 Å². The van der Waals surface area contributed by atoms with E-state index in [4.69, 9.17) is 0 Å². The van der Waals surface area contributed by atoms with Crippen LogP contribution in [0.1, 0.15) is 24.6 Å². The van der Waals surface area contributed by atoms with Gasteiger partial charge in [0.25, 0.3) is 5.69 Å². The van der Waals surface area contributed by atoms with Crippen molar-refractivity contribution in [3.63, 3.8) is 0 Å². The van der Waals surface area contributed by atoms with Gasteiger partial charge < -0.3 is 0 Å². The maximum Gasteiger partial charge on any atom is 0.284 e. The molecule has 2 aromatic carbocycles. The van der Waals surface area contributed by atoms with E-state index in [0.717, 1.165) is 48.4 Å². The predicted molar refractivity (Wildman–Crippen MR) is 104 cm³/mol. The van der Waals surface area contributed by atoms with E-state index in [1.807, 2.05) is 34.9 Å². The molecule has 10 heteroatoms. The van der Waals surface area contributed by atoms with E-state index in [2.05, 4.69) is 10.2 Å². The highest BCUT2D eigenvalue weighted by Gasteiger charge is 2.31. The Kier molecular flexibility index (Phi) is 4.68. The maximum atomic E-state index is 11.7. The fourth-order valence-electron chi connectivity index (χ4n) is 2.83. The van der Waals surface area contributed by atoms with Crippen LogP contribution in [0.3, 0.4) is 0 Å². The number of nitro benzene ring substituents is 1. The maximum absolute atomic E-state index is 11.7. The minimum atomic E-state index is -3.55. The lowest BCUT2D eigenvalue weighted by Crippen LogP contribution is -2.02. The fourth-order valence-corrected chi connectivity index (χ4v) is 4.41. The molecule has 1 saturated carbocycles. The van der Waals surface area contributed by atoms with E-state index in [1.165, 1.54) is 12.1 Å². The molecule has 4 rings (SSSR count). The van der Waals surface area contributed by atoms with Crippen LogP contribution < -0.4 is 0 Å². The first-order valence-electron chi connectivity index (χ1n) is 8.51. The first-order chi connectivity index (χ1) is 13.3. The molecule has 0 unspecified atom stereocenters. The number of benzene rings is 2. The van der Waals surface area contributed by atoms with Gasteiger partial charge >= 0.3 is 0 Å². The molecule has 0 saturated heterocycles. The first-order valence-corrected chi connectivity index (χ1v) is 11.2. The normalized spacial score (nSPS) is 14.2. The van der Waals surface area contributed by atoms with Gasteiger partial charge in [-0.25, -0.2) is 8.42 Å². The lowest BCUT2D eigenvalue weighted by molar-refractivity contribution is -0.388. The van der Waals surface area contributed by atoms with Crippen LogP contribution in [0.15, 0.2) is 63.5 Å². The summed E-state index contributed by atoms with van der Waals surface area (Å²) < 4.78 is 25.4. The summed E-state index contributed by atoms with van der Waals surface area (Å²) in [5.41, 5.74) is 0.607. The predicted octanol–water partition coefficient (Wildman–Crippen LogP) is 3.61. The van der Waals surface area contributed by atoms with E-state index in [1.54, 1.807) is 0 Å². The molecule has 0 atom stereocenters. The number of nitro groups is 1. The van der Waals surface area contributed by atoms with Crippen LogP contribution in [0.4, 0.5) is 5.69 Å². The summed E-state index contributed by atoms with van der Waals surface area (Å²) in [6.45, 7) is 0. The molecule has 1 aliphatic rings. The third kappa shape index (κ3) is 3.65.